The molecule has 0 spiro atoms. The number of hydrogen-bond acceptors (Lipinski definition) is 3. The number of hydrogen-bond donors (Lipinski definition) is 0. The summed E-state index contributed by atoms with van der Waals surface area (Å²) in [5.74, 6) is 0. The van der Waals surface area contributed by atoms with Gasteiger partial charge in [0, 0.05) is 11.6 Å². The van der Waals surface area contributed by atoms with Crippen molar-refractivity contribution < 1.29 is 0 Å². The second-order valence-electron chi connectivity index (χ2n) is 3.62. The zero-order valence-corrected chi connectivity index (χ0v) is 10.00. The summed E-state index contributed by atoms with van der Waals surface area (Å²) in [5.41, 5.74) is 1.73. The van der Waals surface area contributed by atoms with Gasteiger partial charge in [0.15, 0.2) is 0 Å². The van der Waals surface area contributed by atoms with Crippen LogP contribution in [0.1, 0.15) is 29.7 Å². The average Bonchev–Trinajstić information content (AvgIpc) is 2.89. The monoisotopic (exact) mass is 231 g/mol. The van der Waals surface area contributed by atoms with Gasteiger partial charge < -0.3 is 4.57 Å². The summed E-state index contributed by atoms with van der Waals surface area (Å²) >= 11 is 1.70. The van der Waals surface area contributed by atoms with Crippen molar-refractivity contribution >= 4 is 11.3 Å². The van der Waals surface area contributed by atoms with Gasteiger partial charge in [0.1, 0.15) is 11.8 Å². The Labute approximate surface area is 99.0 Å². The van der Waals surface area contributed by atoms with Crippen molar-refractivity contribution in [3.8, 4) is 6.07 Å². The van der Waals surface area contributed by atoms with Gasteiger partial charge in [0.2, 0.25) is 0 Å². The van der Waals surface area contributed by atoms with E-state index in [1.165, 1.54) is 5.01 Å². The van der Waals surface area contributed by atoms with Crippen molar-refractivity contribution in [2.45, 2.75) is 26.3 Å². The molecule has 2 aromatic rings. The van der Waals surface area contributed by atoms with Crippen LogP contribution < -0.4 is 0 Å². The third kappa shape index (κ3) is 2.31. The molecule has 2 aromatic heterocycles. The lowest BCUT2D eigenvalue weighted by Gasteiger charge is -2.00. The molecule has 0 N–H and O–H groups in total. The third-order valence-electron chi connectivity index (χ3n) is 2.34. The van der Waals surface area contributed by atoms with Crippen LogP contribution in [0, 0.1) is 11.3 Å². The number of nitriles is 1. The smallest absolute Gasteiger partial charge is 0.120 e. The molecule has 0 aliphatic rings. The highest BCUT2D eigenvalue weighted by atomic mass is 32.1. The van der Waals surface area contributed by atoms with Crippen LogP contribution in [0.25, 0.3) is 0 Å². The molecule has 0 unspecified atom stereocenters. The van der Waals surface area contributed by atoms with Crippen molar-refractivity contribution in [1.82, 2.24) is 9.55 Å². The first-order valence-corrected chi connectivity index (χ1v) is 6.20. The molecule has 2 heterocycles. The molecular formula is C12H13N3S. The fraction of sp³-hybridized carbons (Fsp3) is 0.333. The molecule has 0 amide bonds. The Bertz CT molecular complexity index is 504. The van der Waals surface area contributed by atoms with Crippen molar-refractivity contribution in [2.75, 3.05) is 0 Å². The van der Waals surface area contributed by atoms with E-state index in [9.17, 15) is 0 Å². The summed E-state index contributed by atoms with van der Waals surface area (Å²) in [6.45, 7) is 2.84. The zero-order chi connectivity index (χ0) is 11.4. The van der Waals surface area contributed by atoms with Gasteiger partial charge in [0.25, 0.3) is 0 Å². The predicted octanol–water partition coefficient (Wildman–Crippen LogP) is 2.82. The Morgan fingerprint density at radius 1 is 1.56 bits per heavy atom. The first-order chi connectivity index (χ1) is 7.83. The topological polar surface area (TPSA) is 41.6 Å². The maximum Gasteiger partial charge on any atom is 0.120 e. The van der Waals surface area contributed by atoms with Crippen molar-refractivity contribution in [1.29, 1.82) is 5.26 Å². The van der Waals surface area contributed by atoms with Gasteiger partial charge >= 0.3 is 0 Å². The molecule has 82 valence electrons. The molecule has 0 saturated carbocycles. The van der Waals surface area contributed by atoms with Crippen LogP contribution >= 0.6 is 11.3 Å². The average molecular weight is 231 g/mol. The first kappa shape index (κ1) is 10.9. The highest BCUT2D eigenvalue weighted by Gasteiger charge is 2.04. The molecule has 0 aliphatic carbocycles. The number of aromatic nitrogens is 2. The molecule has 0 bridgehead atoms. The molecule has 0 radical (unpaired) electrons. The van der Waals surface area contributed by atoms with Crippen molar-refractivity contribution in [3.05, 3.63) is 40.1 Å². The fourth-order valence-electron chi connectivity index (χ4n) is 1.58. The summed E-state index contributed by atoms with van der Waals surface area (Å²) in [6.07, 6.45) is 4.08. The minimum absolute atomic E-state index is 0.685. The summed E-state index contributed by atoms with van der Waals surface area (Å²) < 4.78 is 1.92. The number of aryl methyl sites for hydroxylation is 1. The second kappa shape index (κ2) is 4.95. The van der Waals surface area contributed by atoms with E-state index in [1.54, 1.807) is 11.3 Å². The van der Waals surface area contributed by atoms with Gasteiger partial charge in [-0.1, -0.05) is 6.92 Å². The van der Waals surface area contributed by atoms with Gasteiger partial charge in [-0.25, -0.2) is 4.98 Å². The van der Waals surface area contributed by atoms with E-state index in [2.05, 4.69) is 23.4 Å². The maximum absolute atomic E-state index is 8.89. The van der Waals surface area contributed by atoms with Crippen LogP contribution in [0.15, 0.2) is 23.7 Å². The van der Waals surface area contributed by atoms with E-state index in [1.807, 2.05) is 22.9 Å². The number of thiazole rings is 1. The Hall–Kier alpha value is -1.60. The summed E-state index contributed by atoms with van der Waals surface area (Å²) in [6, 6.07) is 5.87. The Morgan fingerprint density at radius 3 is 3.19 bits per heavy atom. The second-order valence-corrected chi connectivity index (χ2v) is 4.56. The zero-order valence-electron chi connectivity index (χ0n) is 9.18. The van der Waals surface area contributed by atoms with Crippen LogP contribution in [0.4, 0.5) is 0 Å². The number of rotatable bonds is 4. The highest BCUT2D eigenvalue weighted by molar-refractivity contribution is 7.09. The van der Waals surface area contributed by atoms with E-state index in [0.717, 1.165) is 18.5 Å². The lowest BCUT2D eigenvalue weighted by Crippen LogP contribution is -2.01. The third-order valence-corrected chi connectivity index (χ3v) is 3.30. The van der Waals surface area contributed by atoms with Crippen LogP contribution in [-0.4, -0.2) is 9.55 Å². The molecule has 0 fully saturated rings. The van der Waals surface area contributed by atoms with Crippen LogP contribution in [0.3, 0.4) is 0 Å². The normalized spacial score (nSPS) is 10.2. The molecule has 2 rings (SSSR count). The highest BCUT2D eigenvalue weighted by Crippen LogP contribution is 2.13. The molecule has 0 aromatic carbocycles. The SMILES string of the molecule is CCCc1nc(Cn2cccc2C#N)cs1. The van der Waals surface area contributed by atoms with Crippen molar-refractivity contribution in [2.24, 2.45) is 0 Å². The summed E-state index contributed by atoms with van der Waals surface area (Å²) in [4.78, 5) is 4.54. The molecule has 16 heavy (non-hydrogen) atoms. The Morgan fingerprint density at radius 2 is 2.44 bits per heavy atom. The molecule has 0 aliphatic heterocycles. The largest absolute Gasteiger partial charge is 0.333 e. The molecule has 4 heteroatoms. The number of nitrogens with zero attached hydrogens (tertiary/aromatic N) is 3. The van der Waals surface area contributed by atoms with E-state index < -0.39 is 0 Å². The Kier molecular flexibility index (Phi) is 3.37. The first-order valence-electron chi connectivity index (χ1n) is 5.32. The molecule has 0 saturated heterocycles. The van der Waals surface area contributed by atoms with Gasteiger partial charge in [-0.3, -0.25) is 0 Å². The van der Waals surface area contributed by atoms with E-state index >= 15 is 0 Å². The van der Waals surface area contributed by atoms with Gasteiger partial charge in [0.05, 0.1) is 17.2 Å². The van der Waals surface area contributed by atoms with Gasteiger partial charge in [-0.05, 0) is 25.0 Å². The quantitative estimate of drug-likeness (QED) is 0.812. The van der Waals surface area contributed by atoms with E-state index in [-0.39, 0.29) is 0 Å². The predicted molar refractivity (Wildman–Crippen MR) is 64.4 cm³/mol. The maximum atomic E-state index is 8.89. The van der Waals surface area contributed by atoms with Crippen molar-refractivity contribution in [3.63, 3.8) is 0 Å². The van der Waals surface area contributed by atoms with Gasteiger partial charge in [-0.2, -0.15) is 5.26 Å². The standard InChI is InChI=1S/C12H13N3S/c1-2-4-12-14-10(9-16-12)8-15-6-3-5-11(15)7-13/h3,5-6,9H,2,4,8H2,1H3. The van der Waals surface area contributed by atoms with E-state index in [0.29, 0.717) is 12.2 Å². The molecular weight excluding hydrogens is 218 g/mol. The molecule has 0 atom stereocenters. The molecule has 3 nitrogen and oxygen atoms in total. The lowest BCUT2D eigenvalue weighted by molar-refractivity contribution is 0.767. The minimum Gasteiger partial charge on any atom is -0.333 e. The fourth-order valence-corrected chi connectivity index (χ4v) is 2.47. The lowest BCUT2D eigenvalue weighted by atomic mass is 10.3. The Balaban J connectivity index is 2.12. The summed E-state index contributed by atoms with van der Waals surface area (Å²) in [7, 11) is 0. The summed E-state index contributed by atoms with van der Waals surface area (Å²) in [5, 5.41) is 12.1. The van der Waals surface area contributed by atoms with E-state index in [4.69, 9.17) is 5.26 Å². The van der Waals surface area contributed by atoms with Crippen LogP contribution in [0.2, 0.25) is 0 Å². The van der Waals surface area contributed by atoms with Crippen LogP contribution in [0.5, 0.6) is 0 Å². The van der Waals surface area contributed by atoms with Crippen LogP contribution in [-0.2, 0) is 13.0 Å². The minimum atomic E-state index is 0.685. The van der Waals surface area contributed by atoms with Gasteiger partial charge in [-0.15, -0.1) is 11.3 Å².